The summed E-state index contributed by atoms with van der Waals surface area (Å²) in [6.45, 7) is 5.35. The molecule has 3 aromatic carbocycles. The van der Waals surface area contributed by atoms with Crippen LogP contribution in [-0.4, -0.2) is 19.9 Å². The van der Waals surface area contributed by atoms with E-state index in [0.717, 1.165) is 10.5 Å². The van der Waals surface area contributed by atoms with Gasteiger partial charge in [-0.2, -0.15) is 0 Å². The number of benzene rings is 3. The number of anilines is 1. The van der Waals surface area contributed by atoms with Crippen molar-refractivity contribution in [2.24, 2.45) is 0 Å². The van der Waals surface area contributed by atoms with Crippen molar-refractivity contribution in [3.8, 4) is 0 Å². The number of hydrogen-bond acceptors (Lipinski definition) is 4. The minimum atomic E-state index is -3.63. The highest BCUT2D eigenvalue weighted by molar-refractivity contribution is 8.00. The van der Waals surface area contributed by atoms with E-state index in [0.29, 0.717) is 5.69 Å². The molecule has 2 N–H and O–H groups in total. The number of carbonyl (C=O) groups excluding carboxylic acids is 1. The third-order valence-corrected chi connectivity index (χ3v) is 7.25. The van der Waals surface area contributed by atoms with Crippen LogP contribution in [0.15, 0.2) is 94.7 Å². The molecule has 0 aliphatic heterocycles. The maximum Gasteiger partial charge on any atom is 0.242 e. The third-order valence-electron chi connectivity index (χ3n) is 4.21. The van der Waals surface area contributed by atoms with Crippen molar-refractivity contribution in [3.63, 3.8) is 0 Å². The van der Waals surface area contributed by atoms with E-state index in [1.54, 1.807) is 32.9 Å². The second-order valence-electron chi connectivity index (χ2n) is 8.09. The molecule has 0 aliphatic rings. The molecule has 0 radical (unpaired) electrons. The Morgan fingerprint density at radius 3 is 1.94 bits per heavy atom. The van der Waals surface area contributed by atoms with Crippen LogP contribution in [0, 0.1) is 0 Å². The number of nitrogens with one attached hydrogen (secondary N) is 2. The van der Waals surface area contributed by atoms with Crippen LogP contribution in [0.2, 0.25) is 0 Å². The fourth-order valence-electron chi connectivity index (χ4n) is 2.92. The van der Waals surface area contributed by atoms with E-state index in [2.05, 4.69) is 10.0 Å². The zero-order valence-corrected chi connectivity index (χ0v) is 19.3. The van der Waals surface area contributed by atoms with Gasteiger partial charge in [0.2, 0.25) is 15.9 Å². The lowest BCUT2D eigenvalue weighted by Crippen LogP contribution is -2.40. The summed E-state index contributed by atoms with van der Waals surface area (Å²) in [5.74, 6) is -0.177. The number of carbonyl (C=O) groups is 1. The molecule has 5 nitrogen and oxygen atoms in total. The molecule has 0 heterocycles. The second-order valence-corrected chi connectivity index (χ2v) is 11.0. The van der Waals surface area contributed by atoms with Crippen molar-refractivity contribution in [1.29, 1.82) is 0 Å². The third kappa shape index (κ3) is 6.69. The van der Waals surface area contributed by atoms with Crippen molar-refractivity contribution >= 4 is 33.4 Å². The molecule has 7 heteroatoms. The highest BCUT2D eigenvalue weighted by Gasteiger charge is 2.24. The predicted octanol–water partition coefficient (Wildman–Crippen LogP) is 5.24. The van der Waals surface area contributed by atoms with Gasteiger partial charge in [0.1, 0.15) is 5.25 Å². The van der Waals surface area contributed by atoms with E-state index in [1.807, 2.05) is 60.7 Å². The van der Waals surface area contributed by atoms with Crippen LogP contribution in [0.4, 0.5) is 5.69 Å². The summed E-state index contributed by atoms with van der Waals surface area (Å²) < 4.78 is 27.6. The van der Waals surface area contributed by atoms with Crippen molar-refractivity contribution in [2.45, 2.75) is 41.4 Å². The van der Waals surface area contributed by atoms with Crippen molar-refractivity contribution < 1.29 is 13.2 Å². The maximum atomic E-state index is 13.1. The van der Waals surface area contributed by atoms with Crippen molar-refractivity contribution in [1.82, 2.24) is 4.72 Å². The highest BCUT2D eigenvalue weighted by Crippen LogP contribution is 2.36. The SMILES string of the molecule is CC(C)(C)NS(=O)(=O)c1ccc(NC(=O)[C@H](Sc2ccccc2)c2ccccc2)cc1. The van der Waals surface area contributed by atoms with Gasteiger partial charge in [-0.1, -0.05) is 48.5 Å². The average molecular weight is 455 g/mol. The molecule has 1 atom stereocenters. The Hall–Kier alpha value is -2.61. The quantitative estimate of drug-likeness (QED) is 0.479. The number of hydrogen-bond donors (Lipinski definition) is 2. The topological polar surface area (TPSA) is 75.3 Å². The number of rotatable bonds is 7. The van der Waals surface area contributed by atoms with E-state index >= 15 is 0 Å². The lowest BCUT2D eigenvalue weighted by molar-refractivity contribution is -0.115. The summed E-state index contributed by atoms with van der Waals surface area (Å²) in [4.78, 5) is 14.3. The van der Waals surface area contributed by atoms with Crippen LogP contribution < -0.4 is 10.0 Å². The minimum Gasteiger partial charge on any atom is -0.325 e. The summed E-state index contributed by atoms with van der Waals surface area (Å²) >= 11 is 1.46. The highest BCUT2D eigenvalue weighted by atomic mass is 32.2. The predicted molar refractivity (Wildman–Crippen MR) is 127 cm³/mol. The van der Waals surface area contributed by atoms with Gasteiger partial charge >= 0.3 is 0 Å². The van der Waals surface area contributed by atoms with Gasteiger partial charge in [0.25, 0.3) is 0 Å². The number of sulfonamides is 1. The van der Waals surface area contributed by atoms with E-state index in [1.165, 1.54) is 23.9 Å². The normalized spacial score (nSPS) is 12.9. The van der Waals surface area contributed by atoms with Crippen LogP contribution in [0.25, 0.3) is 0 Å². The van der Waals surface area contributed by atoms with E-state index in [4.69, 9.17) is 0 Å². The van der Waals surface area contributed by atoms with Gasteiger partial charge in [-0.3, -0.25) is 4.79 Å². The Kier molecular flexibility index (Phi) is 7.20. The lowest BCUT2D eigenvalue weighted by Gasteiger charge is -2.20. The molecule has 31 heavy (non-hydrogen) atoms. The van der Waals surface area contributed by atoms with Crippen LogP contribution in [0.5, 0.6) is 0 Å². The Bertz CT molecular complexity index is 1110. The smallest absolute Gasteiger partial charge is 0.242 e. The zero-order valence-electron chi connectivity index (χ0n) is 17.7. The molecular formula is C24H26N2O3S2. The molecule has 3 rings (SSSR count). The van der Waals surface area contributed by atoms with Crippen molar-refractivity contribution in [3.05, 3.63) is 90.5 Å². The minimum absolute atomic E-state index is 0.152. The van der Waals surface area contributed by atoms with Gasteiger partial charge < -0.3 is 5.32 Å². The van der Waals surface area contributed by atoms with Crippen LogP contribution in [0.3, 0.4) is 0 Å². The Balaban J connectivity index is 1.79. The first-order valence-electron chi connectivity index (χ1n) is 9.86. The molecule has 0 saturated carbocycles. The molecule has 0 fully saturated rings. The number of amides is 1. The summed E-state index contributed by atoms with van der Waals surface area (Å²) in [6, 6.07) is 25.5. The van der Waals surface area contributed by atoms with Gasteiger partial charge in [0, 0.05) is 16.1 Å². The summed E-state index contributed by atoms with van der Waals surface area (Å²) in [7, 11) is -3.63. The van der Waals surface area contributed by atoms with Crippen LogP contribution in [-0.2, 0) is 14.8 Å². The standard InChI is InChI=1S/C24H26N2O3S2/c1-24(2,3)26-31(28,29)21-16-14-19(15-17-21)25-23(27)22(18-10-6-4-7-11-18)30-20-12-8-5-9-13-20/h4-17,22,26H,1-3H3,(H,25,27)/t22-/m1/s1. The molecule has 0 spiro atoms. The van der Waals surface area contributed by atoms with Gasteiger partial charge in [-0.25, -0.2) is 13.1 Å². The monoisotopic (exact) mass is 454 g/mol. The van der Waals surface area contributed by atoms with Gasteiger partial charge in [-0.15, -0.1) is 11.8 Å². The fourth-order valence-corrected chi connectivity index (χ4v) is 5.39. The zero-order chi connectivity index (χ0) is 22.5. The molecule has 162 valence electrons. The van der Waals surface area contributed by atoms with Gasteiger partial charge in [0.15, 0.2) is 0 Å². The Labute approximate surface area is 188 Å². The maximum absolute atomic E-state index is 13.1. The number of thioether (sulfide) groups is 1. The van der Waals surface area contributed by atoms with E-state index in [-0.39, 0.29) is 10.8 Å². The summed E-state index contributed by atoms with van der Waals surface area (Å²) in [6.07, 6.45) is 0. The molecule has 0 aliphatic carbocycles. The molecular weight excluding hydrogens is 428 g/mol. The Morgan fingerprint density at radius 1 is 0.839 bits per heavy atom. The average Bonchev–Trinajstić information content (AvgIpc) is 2.72. The summed E-state index contributed by atoms with van der Waals surface area (Å²) in [5, 5.41) is 2.46. The Morgan fingerprint density at radius 2 is 1.39 bits per heavy atom. The van der Waals surface area contributed by atoms with E-state index < -0.39 is 20.8 Å². The molecule has 3 aromatic rings. The van der Waals surface area contributed by atoms with Crippen molar-refractivity contribution in [2.75, 3.05) is 5.32 Å². The molecule has 0 saturated heterocycles. The molecule has 1 amide bonds. The summed E-state index contributed by atoms with van der Waals surface area (Å²) in [5.41, 5.74) is 0.847. The fraction of sp³-hybridized carbons (Fsp3) is 0.208. The van der Waals surface area contributed by atoms with E-state index in [9.17, 15) is 13.2 Å². The molecule has 0 unspecified atom stereocenters. The van der Waals surface area contributed by atoms with Gasteiger partial charge in [-0.05, 0) is 62.7 Å². The first kappa shape index (κ1) is 23.1. The van der Waals surface area contributed by atoms with Crippen LogP contribution in [0.1, 0.15) is 31.6 Å². The molecule has 0 aromatic heterocycles. The molecule has 0 bridgehead atoms. The first-order chi connectivity index (χ1) is 14.6. The largest absolute Gasteiger partial charge is 0.325 e. The lowest BCUT2D eigenvalue weighted by atomic mass is 10.1. The second kappa shape index (κ2) is 9.68. The first-order valence-corrected chi connectivity index (χ1v) is 12.2. The van der Waals surface area contributed by atoms with Gasteiger partial charge in [0.05, 0.1) is 4.90 Å². The van der Waals surface area contributed by atoms with Crippen LogP contribution >= 0.6 is 11.8 Å².